The average molecular weight is 263 g/mol. The number of hydrogen-bond donors (Lipinski definition) is 2. The molecule has 1 aliphatic heterocycles. The van der Waals surface area contributed by atoms with Gasteiger partial charge in [-0.05, 0) is 19.1 Å². The van der Waals surface area contributed by atoms with Crippen molar-refractivity contribution in [1.82, 2.24) is 0 Å². The largest absolute Gasteiger partial charge is 0.378 e. The van der Waals surface area contributed by atoms with Crippen LogP contribution in [-0.2, 0) is 9.59 Å². The van der Waals surface area contributed by atoms with E-state index in [9.17, 15) is 9.59 Å². The molecule has 94 valence electrons. The van der Waals surface area contributed by atoms with Crippen LogP contribution in [0.3, 0.4) is 0 Å². The van der Waals surface area contributed by atoms with Crippen molar-refractivity contribution < 1.29 is 9.59 Å². The third kappa shape index (κ3) is 3.10. The predicted molar refractivity (Wildman–Crippen MR) is 72.4 cm³/mol. The fourth-order valence-corrected chi connectivity index (χ4v) is 2.37. The SMILES string of the molecule is Cc1ccc(NC(=O)C[C@@H]2SC(N)=NC2=O)cc1. The summed E-state index contributed by atoms with van der Waals surface area (Å²) >= 11 is 1.13. The summed E-state index contributed by atoms with van der Waals surface area (Å²) < 4.78 is 0. The molecular weight excluding hydrogens is 250 g/mol. The van der Waals surface area contributed by atoms with Crippen molar-refractivity contribution in [3.8, 4) is 0 Å². The number of nitrogens with zero attached hydrogens (tertiary/aromatic N) is 1. The second kappa shape index (κ2) is 5.22. The molecule has 0 spiro atoms. The molecule has 0 aromatic heterocycles. The van der Waals surface area contributed by atoms with E-state index in [0.717, 1.165) is 23.0 Å². The van der Waals surface area contributed by atoms with Gasteiger partial charge in [0.1, 0.15) is 5.25 Å². The number of rotatable bonds is 3. The normalized spacial score (nSPS) is 18.6. The van der Waals surface area contributed by atoms with Crippen molar-refractivity contribution in [1.29, 1.82) is 0 Å². The molecule has 2 amide bonds. The van der Waals surface area contributed by atoms with Crippen LogP contribution in [0.4, 0.5) is 5.69 Å². The molecule has 1 aromatic rings. The standard InChI is InChI=1S/C12H13N3O2S/c1-7-2-4-8(5-3-7)14-10(16)6-9-11(17)15-12(13)18-9/h2-5,9H,6H2,1H3,(H,14,16)(H2,13,15,17)/t9-/m0/s1. The number of hydrogen-bond acceptors (Lipinski definition) is 4. The summed E-state index contributed by atoms with van der Waals surface area (Å²) in [5.74, 6) is -0.550. The van der Waals surface area contributed by atoms with E-state index < -0.39 is 5.25 Å². The van der Waals surface area contributed by atoms with Gasteiger partial charge in [-0.15, -0.1) is 0 Å². The Balaban J connectivity index is 1.90. The van der Waals surface area contributed by atoms with E-state index in [2.05, 4.69) is 10.3 Å². The zero-order valence-corrected chi connectivity index (χ0v) is 10.7. The molecule has 0 saturated heterocycles. The Kier molecular flexibility index (Phi) is 3.66. The van der Waals surface area contributed by atoms with E-state index in [1.54, 1.807) is 0 Å². The van der Waals surface area contributed by atoms with Crippen molar-refractivity contribution in [2.45, 2.75) is 18.6 Å². The Bertz CT molecular complexity index is 511. The smallest absolute Gasteiger partial charge is 0.262 e. The second-order valence-electron chi connectivity index (χ2n) is 4.01. The van der Waals surface area contributed by atoms with Gasteiger partial charge in [0.2, 0.25) is 5.91 Å². The van der Waals surface area contributed by atoms with Gasteiger partial charge in [-0.1, -0.05) is 29.5 Å². The van der Waals surface area contributed by atoms with Gasteiger partial charge in [0.15, 0.2) is 5.17 Å². The van der Waals surface area contributed by atoms with Gasteiger partial charge in [-0.25, -0.2) is 0 Å². The Labute approximate surface area is 109 Å². The number of aryl methyl sites for hydroxylation is 1. The lowest BCUT2D eigenvalue weighted by molar-refractivity contribution is -0.121. The summed E-state index contributed by atoms with van der Waals surface area (Å²) in [6.45, 7) is 1.97. The first-order valence-electron chi connectivity index (χ1n) is 5.46. The maximum absolute atomic E-state index is 11.7. The summed E-state index contributed by atoms with van der Waals surface area (Å²) in [5, 5.41) is 2.47. The molecule has 0 fully saturated rings. The topological polar surface area (TPSA) is 84.6 Å². The summed E-state index contributed by atoms with van der Waals surface area (Å²) in [5.41, 5.74) is 7.26. The highest BCUT2D eigenvalue weighted by atomic mass is 32.2. The first-order chi connectivity index (χ1) is 8.54. The van der Waals surface area contributed by atoms with Gasteiger partial charge in [0.05, 0.1) is 0 Å². The lowest BCUT2D eigenvalue weighted by Crippen LogP contribution is -2.21. The number of aliphatic imine (C=N–C) groups is 1. The van der Waals surface area contributed by atoms with Gasteiger partial charge in [-0.3, -0.25) is 9.59 Å². The fourth-order valence-electron chi connectivity index (χ4n) is 1.55. The van der Waals surface area contributed by atoms with Crippen LogP contribution < -0.4 is 11.1 Å². The summed E-state index contributed by atoms with van der Waals surface area (Å²) in [7, 11) is 0. The Morgan fingerprint density at radius 2 is 2.11 bits per heavy atom. The molecule has 0 saturated carbocycles. The molecule has 0 aliphatic carbocycles. The van der Waals surface area contributed by atoms with Crippen molar-refractivity contribution >= 4 is 34.4 Å². The molecule has 0 bridgehead atoms. The molecule has 1 atom stereocenters. The van der Waals surface area contributed by atoms with Crippen LogP contribution >= 0.6 is 11.8 Å². The number of carbonyl (C=O) groups is 2. The maximum Gasteiger partial charge on any atom is 0.262 e. The maximum atomic E-state index is 11.7. The first-order valence-corrected chi connectivity index (χ1v) is 6.34. The lowest BCUT2D eigenvalue weighted by Gasteiger charge is -2.08. The van der Waals surface area contributed by atoms with E-state index in [1.165, 1.54) is 0 Å². The summed E-state index contributed by atoms with van der Waals surface area (Å²) in [6, 6.07) is 7.46. The number of benzene rings is 1. The summed E-state index contributed by atoms with van der Waals surface area (Å²) in [4.78, 5) is 26.7. The zero-order chi connectivity index (χ0) is 13.1. The van der Waals surface area contributed by atoms with Crippen molar-refractivity contribution in [2.75, 3.05) is 5.32 Å². The zero-order valence-electron chi connectivity index (χ0n) is 9.84. The average Bonchev–Trinajstić information content (AvgIpc) is 2.61. The fraction of sp³-hybridized carbons (Fsp3) is 0.250. The van der Waals surface area contributed by atoms with Crippen LogP contribution in [0.1, 0.15) is 12.0 Å². The van der Waals surface area contributed by atoms with E-state index in [0.29, 0.717) is 0 Å². The number of nitrogens with one attached hydrogen (secondary N) is 1. The predicted octanol–water partition coefficient (Wildman–Crippen LogP) is 1.28. The molecular formula is C12H13N3O2S. The van der Waals surface area contributed by atoms with Crippen molar-refractivity contribution in [2.24, 2.45) is 10.7 Å². The van der Waals surface area contributed by atoms with Crippen LogP contribution in [0.5, 0.6) is 0 Å². The highest BCUT2D eigenvalue weighted by Crippen LogP contribution is 2.23. The number of carbonyl (C=O) groups excluding carboxylic acids is 2. The van der Waals surface area contributed by atoms with Gasteiger partial charge in [0, 0.05) is 12.1 Å². The van der Waals surface area contributed by atoms with E-state index in [1.807, 2.05) is 31.2 Å². The highest BCUT2D eigenvalue weighted by Gasteiger charge is 2.29. The molecule has 0 unspecified atom stereocenters. The second-order valence-corrected chi connectivity index (χ2v) is 5.24. The Morgan fingerprint density at radius 1 is 1.44 bits per heavy atom. The number of thioether (sulfide) groups is 1. The van der Waals surface area contributed by atoms with Crippen LogP contribution in [0, 0.1) is 6.92 Å². The van der Waals surface area contributed by atoms with Crippen LogP contribution in [0.15, 0.2) is 29.3 Å². The van der Waals surface area contributed by atoms with Gasteiger partial charge in [0.25, 0.3) is 5.91 Å². The monoisotopic (exact) mass is 263 g/mol. The molecule has 0 radical (unpaired) electrons. The van der Waals surface area contributed by atoms with Crippen LogP contribution in [-0.4, -0.2) is 22.2 Å². The number of amides is 2. The van der Waals surface area contributed by atoms with Crippen LogP contribution in [0.25, 0.3) is 0 Å². The first kappa shape index (κ1) is 12.6. The molecule has 2 rings (SSSR count). The highest BCUT2D eigenvalue weighted by molar-refractivity contribution is 8.15. The van der Waals surface area contributed by atoms with E-state index >= 15 is 0 Å². The molecule has 1 aliphatic rings. The third-order valence-electron chi connectivity index (χ3n) is 2.46. The molecule has 6 heteroatoms. The Hall–Kier alpha value is -1.82. The lowest BCUT2D eigenvalue weighted by atomic mass is 10.2. The number of anilines is 1. The number of nitrogens with two attached hydrogens (primary N) is 1. The van der Waals surface area contributed by atoms with Crippen molar-refractivity contribution in [3.63, 3.8) is 0 Å². The minimum absolute atomic E-state index is 0.0849. The Morgan fingerprint density at radius 3 is 2.67 bits per heavy atom. The summed E-state index contributed by atoms with van der Waals surface area (Å²) in [6.07, 6.45) is 0.0849. The molecule has 3 N–H and O–H groups in total. The minimum Gasteiger partial charge on any atom is -0.378 e. The molecule has 18 heavy (non-hydrogen) atoms. The molecule has 1 heterocycles. The number of amidine groups is 1. The van der Waals surface area contributed by atoms with Gasteiger partial charge in [-0.2, -0.15) is 4.99 Å². The van der Waals surface area contributed by atoms with E-state index in [4.69, 9.17) is 5.73 Å². The van der Waals surface area contributed by atoms with Gasteiger partial charge < -0.3 is 11.1 Å². The minimum atomic E-state index is -0.490. The third-order valence-corrected chi connectivity index (χ3v) is 3.45. The van der Waals surface area contributed by atoms with E-state index in [-0.39, 0.29) is 23.4 Å². The molecule has 5 nitrogen and oxygen atoms in total. The van der Waals surface area contributed by atoms with Crippen LogP contribution in [0.2, 0.25) is 0 Å². The van der Waals surface area contributed by atoms with Gasteiger partial charge >= 0.3 is 0 Å². The molecule has 1 aromatic carbocycles. The quantitative estimate of drug-likeness (QED) is 0.860. The van der Waals surface area contributed by atoms with Crippen molar-refractivity contribution in [3.05, 3.63) is 29.8 Å².